The molecule has 2 rings (SSSR count). The van der Waals surface area contributed by atoms with Crippen LogP contribution in [0.1, 0.15) is 54.2 Å². The van der Waals surface area contributed by atoms with E-state index in [-0.39, 0.29) is 5.41 Å². The fraction of sp³-hybridized carbons (Fsp3) is 0.381. The van der Waals surface area contributed by atoms with E-state index in [4.69, 9.17) is 0 Å². The standard InChI is InChI=1S/C21H24IN/c1-14-7-9-17(10-8-14)21(22,13-23)19-12-15(2)18(11-16(19)3)20(4,5)6/h7-12H,1-6H3. The summed E-state index contributed by atoms with van der Waals surface area (Å²) in [5, 5.41) is 9.95. The first-order valence-corrected chi connectivity index (χ1v) is 8.97. The lowest BCUT2D eigenvalue weighted by atomic mass is 9.79. The van der Waals surface area contributed by atoms with Crippen LogP contribution in [0.4, 0.5) is 0 Å². The third-order valence-corrected chi connectivity index (χ3v) is 5.80. The molecule has 0 heterocycles. The molecule has 23 heavy (non-hydrogen) atoms. The van der Waals surface area contributed by atoms with E-state index in [2.05, 4.69) is 107 Å². The average molecular weight is 417 g/mol. The van der Waals surface area contributed by atoms with Gasteiger partial charge in [-0.15, -0.1) is 0 Å². The van der Waals surface area contributed by atoms with E-state index in [1.165, 1.54) is 22.3 Å². The zero-order valence-corrected chi connectivity index (χ0v) is 16.9. The summed E-state index contributed by atoms with van der Waals surface area (Å²) in [6.07, 6.45) is 0. The van der Waals surface area contributed by atoms with E-state index in [9.17, 15) is 5.26 Å². The second-order valence-corrected chi connectivity index (χ2v) is 8.99. The van der Waals surface area contributed by atoms with Crippen molar-refractivity contribution in [3.63, 3.8) is 0 Å². The molecule has 0 saturated heterocycles. The lowest BCUT2D eigenvalue weighted by molar-refractivity contribution is 0.585. The topological polar surface area (TPSA) is 23.8 Å². The van der Waals surface area contributed by atoms with E-state index in [1.807, 2.05) is 0 Å². The molecule has 0 bridgehead atoms. The molecule has 0 saturated carbocycles. The van der Waals surface area contributed by atoms with Crippen LogP contribution in [0.15, 0.2) is 36.4 Å². The molecule has 0 N–H and O–H groups in total. The van der Waals surface area contributed by atoms with E-state index >= 15 is 0 Å². The summed E-state index contributed by atoms with van der Waals surface area (Å²) < 4.78 is -0.656. The van der Waals surface area contributed by atoms with Crippen molar-refractivity contribution in [3.8, 4) is 6.07 Å². The third-order valence-electron chi connectivity index (χ3n) is 4.35. The summed E-state index contributed by atoms with van der Waals surface area (Å²) in [5.41, 5.74) is 7.23. The fourth-order valence-electron chi connectivity index (χ4n) is 3.06. The summed E-state index contributed by atoms with van der Waals surface area (Å²) in [7, 11) is 0. The molecule has 0 aliphatic heterocycles. The van der Waals surface area contributed by atoms with Crippen molar-refractivity contribution in [2.45, 2.75) is 50.4 Å². The highest BCUT2D eigenvalue weighted by Crippen LogP contribution is 2.42. The van der Waals surface area contributed by atoms with Crippen molar-refractivity contribution in [1.82, 2.24) is 0 Å². The lowest BCUT2D eigenvalue weighted by Gasteiger charge is -2.28. The maximum Gasteiger partial charge on any atom is 0.158 e. The first-order valence-electron chi connectivity index (χ1n) is 7.89. The smallest absolute Gasteiger partial charge is 0.158 e. The quantitative estimate of drug-likeness (QED) is 0.427. The van der Waals surface area contributed by atoms with Gasteiger partial charge in [0.05, 0.1) is 6.07 Å². The Morgan fingerprint density at radius 1 is 0.870 bits per heavy atom. The highest BCUT2D eigenvalue weighted by molar-refractivity contribution is 14.1. The zero-order valence-electron chi connectivity index (χ0n) is 14.8. The summed E-state index contributed by atoms with van der Waals surface area (Å²) in [4.78, 5) is 0. The minimum Gasteiger partial charge on any atom is -0.196 e. The number of halogens is 1. The van der Waals surface area contributed by atoms with Crippen molar-refractivity contribution in [1.29, 1.82) is 5.26 Å². The first kappa shape index (κ1) is 18.0. The second-order valence-electron chi connectivity index (χ2n) is 7.37. The average Bonchev–Trinajstić information content (AvgIpc) is 2.48. The summed E-state index contributed by atoms with van der Waals surface area (Å²) in [5.74, 6) is 0. The largest absolute Gasteiger partial charge is 0.196 e. The van der Waals surface area contributed by atoms with Gasteiger partial charge in [0, 0.05) is 0 Å². The van der Waals surface area contributed by atoms with Gasteiger partial charge in [0.1, 0.15) is 0 Å². The molecule has 1 nitrogen and oxygen atoms in total. The Hall–Kier alpha value is -1.34. The molecule has 0 spiro atoms. The van der Waals surface area contributed by atoms with E-state index < -0.39 is 3.42 Å². The predicted molar refractivity (Wildman–Crippen MR) is 106 cm³/mol. The Labute approximate surface area is 153 Å². The van der Waals surface area contributed by atoms with E-state index in [0.29, 0.717) is 0 Å². The number of hydrogen-bond acceptors (Lipinski definition) is 1. The molecule has 2 aromatic rings. The van der Waals surface area contributed by atoms with Crippen molar-refractivity contribution in [2.75, 3.05) is 0 Å². The van der Waals surface area contributed by atoms with Crippen LogP contribution in [0.5, 0.6) is 0 Å². The highest BCUT2D eigenvalue weighted by atomic mass is 127. The molecular weight excluding hydrogens is 393 g/mol. The van der Waals surface area contributed by atoms with Gasteiger partial charge in [-0.3, -0.25) is 0 Å². The van der Waals surface area contributed by atoms with Crippen LogP contribution in [-0.2, 0) is 8.84 Å². The summed E-state index contributed by atoms with van der Waals surface area (Å²) in [6.45, 7) is 13.0. The molecule has 2 heteroatoms. The van der Waals surface area contributed by atoms with Crippen LogP contribution < -0.4 is 0 Å². The van der Waals surface area contributed by atoms with Gasteiger partial charge in [-0.2, -0.15) is 5.26 Å². The number of benzene rings is 2. The van der Waals surface area contributed by atoms with Gasteiger partial charge in [-0.05, 0) is 54.0 Å². The molecule has 0 aliphatic rings. The molecule has 0 aromatic heterocycles. The summed E-state index contributed by atoms with van der Waals surface area (Å²) >= 11 is 2.30. The lowest BCUT2D eigenvalue weighted by Crippen LogP contribution is -2.21. The number of nitriles is 1. The molecule has 0 aliphatic carbocycles. The van der Waals surface area contributed by atoms with Crippen LogP contribution in [0.25, 0.3) is 0 Å². The van der Waals surface area contributed by atoms with Crippen LogP contribution in [0.2, 0.25) is 0 Å². The van der Waals surface area contributed by atoms with Gasteiger partial charge in [-0.25, -0.2) is 0 Å². The highest BCUT2D eigenvalue weighted by Gasteiger charge is 2.33. The molecule has 120 valence electrons. The molecule has 1 unspecified atom stereocenters. The van der Waals surface area contributed by atoms with Crippen LogP contribution in [-0.4, -0.2) is 0 Å². The Morgan fingerprint density at radius 3 is 1.83 bits per heavy atom. The number of rotatable bonds is 2. The minimum absolute atomic E-state index is 0.109. The fourth-order valence-corrected chi connectivity index (χ4v) is 4.00. The first-order chi connectivity index (χ1) is 10.6. The van der Waals surface area contributed by atoms with Gasteiger partial charge in [0.25, 0.3) is 0 Å². The van der Waals surface area contributed by atoms with Gasteiger partial charge < -0.3 is 0 Å². The Bertz CT molecular complexity index is 760. The molecule has 2 aromatic carbocycles. The van der Waals surface area contributed by atoms with Crippen molar-refractivity contribution < 1.29 is 0 Å². The molecule has 0 radical (unpaired) electrons. The summed E-state index contributed by atoms with van der Waals surface area (Å²) in [6, 6.07) is 15.3. The Morgan fingerprint density at radius 2 is 1.35 bits per heavy atom. The van der Waals surface area contributed by atoms with Crippen LogP contribution in [0.3, 0.4) is 0 Å². The van der Waals surface area contributed by atoms with E-state index in [0.717, 1.165) is 11.1 Å². The Balaban J connectivity index is 2.66. The third kappa shape index (κ3) is 3.45. The van der Waals surface area contributed by atoms with Crippen molar-refractivity contribution in [2.24, 2.45) is 0 Å². The maximum atomic E-state index is 9.95. The molecule has 0 fully saturated rings. The van der Waals surface area contributed by atoms with Crippen LogP contribution in [0, 0.1) is 32.1 Å². The van der Waals surface area contributed by atoms with Crippen molar-refractivity contribution >= 4 is 22.6 Å². The van der Waals surface area contributed by atoms with Gasteiger partial charge in [-0.1, -0.05) is 85.3 Å². The zero-order chi connectivity index (χ0) is 17.4. The number of nitrogens with zero attached hydrogens (tertiary/aromatic N) is 1. The van der Waals surface area contributed by atoms with Gasteiger partial charge in [0.2, 0.25) is 0 Å². The molecular formula is C21H24IN. The molecule has 1 atom stereocenters. The van der Waals surface area contributed by atoms with E-state index in [1.54, 1.807) is 0 Å². The number of aryl methyl sites for hydroxylation is 3. The second kappa shape index (κ2) is 6.28. The number of hydrogen-bond donors (Lipinski definition) is 0. The van der Waals surface area contributed by atoms with Crippen molar-refractivity contribution in [3.05, 3.63) is 69.8 Å². The predicted octanol–water partition coefficient (Wildman–Crippen LogP) is 6.11. The normalized spacial score (nSPS) is 14.2. The SMILES string of the molecule is Cc1ccc(C(I)(C#N)c2cc(C)c(C(C)(C)C)cc2C)cc1. The Kier molecular flexibility index (Phi) is 4.92. The number of alkyl halides is 1. The molecule has 0 amide bonds. The van der Waals surface area contributed by atoms with Gasteiger partial charge >= 0.3 is 0 Å². The monoisotopic (exact) mass is 417 g/mol. The van der Waals surface area contributed by atoms with Crippen LogP contribution >= 0.6 is 22.6 Å². The van der Waals surface area contributed by atoms with Gasteiger partial charge in [0.15, 0.2) is 3.42 Å². The minimum atomic E-state index is -0.656. The maximum absolute atomic E-state index is 9.95.